The van der Waals surface area contributed by atoms with E-state index in [9.17, 15) is 0 Å². The molecule has 0 bridgehead atoms. The summed E-state index contributed by atoms with van der Waals surface area (Å²) in [4.78, 5) is 9.25. The Morgan fingerprint density at radius 1 is 1.30 bits per heavy atom. The molecule has 2 aromatic rings. The molecule has 0 aliphatic rings. The standard InChI is InChI=1S/C15H23N5/c1-5-6-16-14-8-13(7-11(2)3)18-15(19-14)12-9-17-20(4)10-12/h8-11H,5-7H2,1-4H3,(H,16,18,19). The number of rotatable bonds is 6. The molecule has 2 heterocycles. The van der Waals surface area contributed by atoms with E-state index in [1.54, 1.807) is 10.9 Å². The maximum atomic E-state index is 4.66. The zero-order valence-electron chi connectivity index (χ0n) is 12.7. The Balaban J connectivity index is 2.34. The van der Waals surface area contributed by atoms with E-state index in [-0.39, 0.29) is 0 Å². The second kappa shape index (κ2) is 6.50. The first-order valence-electron chi connectivity index (χ1n) is 7.19. The van der Waals surface area contributed by atoms with Crippen molar-refractivity contribution in [1.29, 1.82) is 0 Å². The van der Waals surface area contributed by atoms with E-state index in [4.69, 9.17) is 0 Å². The molecule has 0 amide bonds. The van der Waals surface area contributed by atoms with Crippen LogP contribution in [0.3, 0.4) is 0 Å². The Morgan fingerprint density at radius 3 is 2.70 bits per heavy atom. The molecule has 2 aromatic heterocycles. The molecule has 2 rings (SSSR count). The molecule has 0 saturated heterocycles. The van der Waals surface area contributed by atoms with Crippen LogP contribution in [0.1, 0.15) is 32.9 Å². The van der Waals surface area contributed by atoms with Crippen LogP contribution in [0, 0.1) is 5.92 Å². The molecule has 0 aliphatic heterocycles. The van der Waals surface area contributed by atoms with E-state index < -0.39 is 0 Å². The van der Waals surface area contributed by atoms with Crippen LogP contribution in [0.2, 0.25) is 0 Å². The van der Waals surface area contributed by atoms with Gasteiger partial charge in [-0.1, -0.05) is 20.8 Å². The van der Waals surface area contributed by atoms with Crippen LogP contribution in [-0.4, -0.2) is 26.3 Å². The zero-order chi connectivity index (χ0) is 14.5. The number of aryl methyl sites for hydroxylation is 1. The topological polar surface area (TPSA) is 55.6 Å². The van der Waals surface area contributed by atoms with Gasteiger partial charge in [0.05, 0.1) is 11.8 Å². The van der Waals surface area contributed by atoms with Gasteiger partial charge in [-0.05, 0) is 18.8 Å². The van der Waals surface area contributed by atoms with E-state index in [0.29, 0.717) is 5.92 Å². The van der Waals surface area contributed by atoms with Crippen molar-refractivity contribution in [2.45, 2.75) is 33.6 Å². The van der Waals surface area contributed by atoms with Crippen molar-refractivity contribution in [2.24, 2.45) is 13.0 Å². The lowest BCUT2D eigenvalue weighted by molar-refractivity contribution is 0.635. The van der Waals surface area contributed by atoms with E-state index in [1.807, 2.05) is 13.2 Å². The third kappa shape index (κ3) is 3.79. The number of aromatic nitrogens is 4. The number of hydrogen-bond donors (Lipinski definition) is 1. The number of nitrogens with zero attached hydrogens (tertiary/aromatic N) is 4. The third-order valence-corrected chi connectivity index (χ3v) is 2.92. The summed E-state index contributed by atoms with van der Waals surface area (Å²) >= 11 is 0. The highest BCUT2D eigenvalue weighted by molar-refractivity contribution is 5.55. The summed E-state index contributed by atoms with van der Waals surface area (Å²) in [7, 11) is 1.90. The molecule has 0 aliphatic carbocycles. The summed E-state index contributed by atoms with van der Waals surface area (Å²) in [5, 5.41) is 7.54. The highest BCUT2D eigenvalue weighted by Gasteiger charge is 2.09. The van der Waals surface area contributed by atoms with Crippen molar-refractivity contribution in [2.75, 3.05) is 11.9 Å². The van der Waals surface area contributed by atoms with E-state index >= 15 is 0 Å². The first-order chi connectivity index (χ1) is 9.58. The van der Waals surface area contributed by atoms with Crippen molar-refractivity contribution in [3.05, 3.63) is 24.2 Å². The lowest BCUT2D eigenvalue weighted by Crippen LogP contribution is -2.07. The van der Waals surface area contributed by atoms with Gasteiger partial charge in [0.2, 0.25) is 0 Å². The maximum Gasteiger partial charge on any atom is 0.164 e. The minimum atomic E-state index is 0.575. The van der Waals surface area contributed by atoms with Gasteiger partial charge in [0.25, 0.3) is 0 Å². The van der Waals surface area contributed by atoms with Gasteiger partial charge < -0.3 is 5.32 Å². The molecule has 0 radical (unpaired) electrons. The molecule has 0 unspecified atom stereocenters. The Bertz CT molecular complexity index is 559. The van der Waals surface area contributed by atoms with Crippen molar-refractivity contribution in [1.82, 2.24) is 19.7 Å². The number of anilines is 1. The Hall–Kier alpha value is -1.91. The summed E-state index contributed by atoms with van der Waals surface area (Å²) in [6.45, 7) is 7.46. The van der Waals surface area contributed by atoms with E-state index in [1.165, 1.54) is 0 Å². The molecule has 0 spiro atoms. The smallest absolute Gasteiger partial charge is 0.164 e. The predicted molar refractivity (Wildman–Crippen MR) is 81.6 cm³/mol. The molecule has 20 heavy (non-hydrogen) atoms. The Kier molecular flexibility index (Phi) is 4.71. The monoisotopic (exact) mass is 273 g/mol. The van der Waals surface area contributed by atoms with Gasteiger partial charge in [-0.15, -0.1) is 0 Å². The van der Waals surface area contributed by atoms with E-state index in [2.05, 4.69) is 47.2 Å². The zero-order valence-corrected chi connectivity index (χ0v) is 12.7. The molecule has 0 saturated carbocycles. The largest absolute Gasteiger partial charge is 0.370 e. The Labute approximate surface area is 120 Å². The quantitative estimate of drug-likeness (QED) is 0.879. The van der Waals surface area contributed by atoms with Gasteiger partial charge in [0.1, 0.15) is 5.82 Å². The molecule has 5 heteroatoms. The average Bonchev–Trinajstić information content (AvgIpc) is 2.82. The van der Waals surface area contributed by atoms with E-state index in [0.717, 1.165) is 42.3 Å². The van der Waals surface area contributed by atoms with Crippen molar-refractivity contribution < 1.29 is 0 Å². The van der Waals surface area contributed by atoms with Gasteiger partial charge in [-0.25, -0.2) is 9.97 Å². The van der Waals surface area contributed by atoms with Gasteiger partial charge in [-0.3, -0.25) is 4.68 Å². The van der Waals surface area contributed by atoms with Crippen LogP contribution in [0.5, 0.6) is 0 Å². The summed E-state index contributed by atoms with van der Waals surface area (Å²) < 4.78 is 1.77. The van der Waals surface area contributed by atoms with Gasteiger partial charge in [0.15, 0.2) is 5.82 Å². The van der Waals surface area contributed by atoms with Gasteiger partial charge in [-0.2, -0.15) is 5.10 Å². The molecule has 5 nitrogen and oxygen atoms in total. The first kappa shape index (κ1) is 14.5. The molecule has 0 aromatic carbocycles. The average molecular weight is 273 g/mol. The second-order valence-corrected chi connectivity index (χ2v) is 5.50. The molecular weight excluding hydrogens is 250 g/mol. The Morgan fingerprint density at radius 2 is 2.10 bits per heavy atom. The van der Waals surface area contributed by atoms with Crippen molar-refractivity contribution in [3.63, 3.8) is 0 Å². The summed E-state index contributed by atoms with van der Waals surface area (Å²) in [6, 6.07) is 2.05. The SMILES string of the molecule is CCCNc1cc(CC(C)C)nc(-c2cnn(C)c2)n1. The number of nitrogens with one attached hydrogen (secondary N) is 1. The predicted octanol–water partition coefficient (Wildman–Crippen LogP) is 2.90. The minimum absolute atomic E-state index is 0.575. The maximum absolute atomic E-state index is 4.66. The third-order valence-electron chi connectivity index (χ3n) is 2.92. The molecule has 0 fully saturated rings. The summed E-state index contributed by atoms with van der Waals surface area (Å²) in [5.74, 6) is 2.22. The molecule has 1 N–H and O–H groups in total. The summed E-state index contributed by atoms with van der Waals surface area (Å²) in [6.07, 6.45) is 5.78. The second-order valence-electron chi connectivity index (χ2n) is 5.50. The highest BCUT2D eigenvalue weighted by Crippen LogP contribution is 2.19. The lowest BCUT2D eigenvalue weighted by atomic mass is 10.1. The van der Waals surface area contributed by atoms with Crippen LogP contribution in [-0.2, 0) is 13.5 Å². The fourth-order valence-electron chi connectivity index (χ4n) is 2.03. The van der Waals surface area contributed by atoms with Gasteiger partial charge >= 0.3 is 0 Å². The summed E-state index contributed by atoms with van der Waals surface area (Å²) in [5.41, 5.74) is 2.03. The van der Waals surface area contributed by atoms with Crippen LogP contribution < -0.4 is 5.32 Å². The molecule has 108 valence electrons. The highest BCUT2D eigenvalue weighted by atomic mass is 15.2. The first-order valence-corrected chi connectivity index (χ1v) is 7.19. The fourth-order valence-corrected chi connectivity index (χ4v) is 2.03. The minimum Gasteiger partial charge on any atom is -0.370 e. The number of hydrogen-bond acceptors (Lipinski definition) is 4. The fraction of sp³-hybridized carbons (Fsp3) is 0.533. The van der Waals surface area contributed by atoms with Crippen LogP contribution in [0.15, 0.2) is 18.5 Å². The lowest BCUT2D eigenvalue weighted by Gasteiger charge is -2.10. The normalized spacial score (nSPS) is 11.1. The van der Waals surface area contributed by atoms with Crippen molar-refractivity contribution in [3.8, 4) is 11.4 Å². The van der Waals surface area contributed by atoms with Crippen LogP contribution >= 0.6 is 0 Å². The van der Waals surface area contributed by atoms with Crippen molar-refractivity contribution >= 4 is 5.82 Å². The van der Waals surface area contributed by atoms with Gasteiger partial charge in [0, 0.05) is 31.5 Å². The van der Waals surface area contributed by atoms with Crippen LogP contribution in [0.25, 0.3) is 11.4 Å². The molecule has 0 atom stereocenters. The molecular formula is C15H23N5. The van der Waals surface area contributed by atoms with Crippen LogP contribution in [0.4, 0.5) is 5.82 Å².